The molecule has 1 unspecified atom stereocenters. The van der Waals surface area contributed by atoms with Gasteiger partial charge in [-0.1, -0.05) is 97.2 Å². The first-order chi connectivity index (χ1) is 14.5. The van der Waals surface area contributed by atoms with Gasteiger partial charge in [-0.2, -0.15) is 0 Å². The molecular weight excluding hydrogens is 447 g/mol. The van der Waals surface area contributed by atoms with E-state index in [1.807, 2.05) is 17.0 Å². The van der Waals surface area contributed by atoms with Crippen molar-refractivity contribution in [2.75, 3.05) is 12.3 Å². The van der Waals surface area contributed by atoms with Gasteiger partial charge in [0.25, 0.3) is 0 Å². The van der Waals surface area contributed by atoms with Crippen LogP contribution in [0, 0.1) is 19.3 Å². The molecule has 2 aromatic rings. The zero-order valence-electron chi connectivity index (χ0n) is 18.8. The van der Waals surface area contributed by atoms with E-state index in [1.54, 1.807) is 17.8 Å². The highest BCUT2D eigenvalue weighted by Crippen LogP contribution is 2.36. The molecule has 1 aliphatic heterocycles. The van der Waals surface area contributed by atoms with Crippen LogP contribution in [0.2, 0.25) is 10.0 Å². The number of thioether (sulfide) groups is 1. The molecule has 0 bridgehead atoms. The molecule has 31 heavy (non-hydrogen) atoms. The Balaban J connectivity index is 1.99. The molecule has 2 aromatic carbocycles. The molecular formula is C25H30Cl2N2OS. The SMILES string of the molecule is Cc1cc(C)cc(CC(N=C2SCCN2C(=O)CC(C)(C)C)c2cccc(Cl)c2Cl)c1. The summed E-state index contributed by atoms with van der Waals surface area (Å²) in [6.45, 7) is 11.1. The fourth-order valence-electron chi connectivity index (χ4n) is 3.84. The van der Waals surface area contributed by atoms with E-state index in [1.165, 1.54) is 16.7 Å². The lowest BCUT2D eigenvalue weighted by Gasteiger charge is -2.24. The highest BCUT2D eigenvalue weighted by Gasteiger charge is 2.30. The number of carbonyl (C=O) groups excluding carboxylic acids is 1. The zero-order chi connectivity index (χ0) is 22.8. The van der Waals surface area contributed by atoms with Crippen molar-refractivity contribution < 1.29 is 4.79 Å². The molecule has 1 heterocycles. The number of benzene rings is 2. The van der Waals surface area contributed by atoms with Gasteiger partial charge in [-0.3, -0.25) is 14.7 Å². The molecule has 1 saturated heterocycles. The number of aryl methyl sites for hydroxylation is 2. The summed E-state index contributed by atoms with van der Waals surface area (Å²) in [6.07, 6.45) is 1.18. The molecule has 166 valence electrons. The van der Waals surface area contributed by atoms with Crippen LogP contribution in [0.3, 0.4) is 0 Å². The molecule has 6 heteroatoms. The van der Waals surface area contributed by atoms with Crippen molar-refractivity contribution in [3.8, 4) is 0 Å². The standard InChI is InChI=1S/C25H30Cl2N2OS/c1-16-11-17(2)13-18(12-16)14-21(19-7-6-8-20(26)23(19)27)28-24-29(9-10-31-24)22(30)15-25(3,4)5/h6-8,11-13,21H,9-10,14-15H2,1-5H3. The van der Waals surface area contributed by atoms with E-state index in [2.05, 4.69) is 52.8 Å². The van der Waals surface area contributed by atoms with Crippen LogP contribution >= 0.6 is 35.0 Å². The van der Waals surface area contributed by atoms with Gasteiger partial charge in [0.1, 0.15) is 0 Å². The maximum atomic E-state index is 12.9. The predicted molar refractivity (Wildman–Crippen MR) is 135 cm³/mol. The van der Waals surface area contributed by atoms with E-state index in [4.69, 9.17) is 28.2 Å². The topological polar surface area (TPSA) is 32.7 Å². The number of aliphatic imine (C=N–C) groups is 1. The van der Waals surface area contributed by atoms with Gasteiger partial charge in [0, 0.05) is 18.7 Å². The Morgan fingerprint density at radius 3 is 2.48 bits per heavy atom. The van der Waals surface area contributed by atoms with E-state index in [0.29, 0.717) is 29.4 Å². The van der Waals surface area contributed by atoms with Gasteiger partial charge in [-0.25, -0.2) is 0 Å². The summed E-state index contributed by atoms with van der Waals surface area (Å²) < 4.78 is 0. The Morgan fingerprint density at radius 2 is 1.84 bits per heavy atom. The van der Waals surface area contributed by atoms with Gasteiger partial charge in [0.2, 0.25) is 5.91 Å². The monoisotopic (exact) mass is 476 g/mol. The molecule has 3 rings (SSSR count). The van der Waals surface area contributed by atoms with Crippen LogP contribution in [0.25, 0.3) is 0 Å². The summed E-state index contributed by atoms with van der Waals surface area (Å²) in [5.41, 5.74) is 4.45. The van der Waals surface area contributed by atoms with Crippen molar-refractivity contribution >= 4 is 46.0 Å². The average Bonchev–Trinajstić information content (AvgIpc) is 3.09. The predicted octanol–water partition coefficient (Wildman–Crippen LogP) is 7.26. The lowest BCUT2D eigenvalue weighted by Crippen LogP contribution is -2.34. The number of amides is 1. The number of halogens is 2. The Kier molecular flexibility index (Phi) is 7.77. The molecule has 1 atom stereocenters. The molecule has 3 nitrogen and oxygen atoms in total. The van der Waals surface area contributed by atoms with E-state index in [-0.39, 0.29) is 17.4 Å². The third-order valence-electron chi connectivity index (χ3n) is 5.08. The molecule has 1 amide bonds. The minimum atomic E-state index is -0.224. The van der Waals surface area contributed by atoms with Crippen molar-refractivity contribution in [2.24, 2.45) is 10.4 Å². The third kappa shape index (κ3) is 6.50. The Labute approximate surface area is 200 Å². The minimum Gasteiger partial charge on any atom is -0.291 e. The van der Waals surface area contributed by atoms with Crippen LogP contribution in [0.4, 0.5) is 0 Å². The first-order valence-electron chi connectivity index (χ1n) is 10.6. The number of carbonyl (C=O) groups is 1. The molecule has 0 aliphatic carbocycles. The van der Waals surface area contributed by atoms with E-state index < -0.39 is 0 Å². The Hall–Kier alpha value is -1.49. The molecule has 1 fully saturated rings. The first-order valence-corrected chi connectivity index (χ1v) is 12.3. The van der Waals surface area contributed by atoms with Gasteiger partial charge < -0.3 is 0 Å². The van der Waals surface area contributed by atoms with Gasteiger partial charge in [0.05, 0.1) is 16.1 Å². The molecule has 0 saturated carbocycles. The van der Waals surface area contributed by atoms with Crippen molar-refractivity contribution in [3.05, 3.63) is 68.7 Å². The van der Waals surface area contributed by atoms with Crippen molar-refractivity contribution in [1.82, 2.24) is 4.90 Å². The molecule has 0 N–H and O–H groups in total. The zero-order valence-corrected chi connectivity index (χ0v) is 21.2. The number of nitrogens with zero attached hydrogens (tertiary/aromatic N) is 2. The maximum absolute atomic E-state index is 12.9. The summed E-state index contributed by atoms with van der Waals surface area (Å²) in [5, 5.41) is 1.82. The Bertz CT molecular complexity index is 977. The quantitative estimate of drug-likeness (QED) is 0.454. The number of hydrogen-bond acceptors (Lipinski definition) is 3. The molecule has 0 spiro atoms. The fourth-order valence-corrected chi connectivity index (χ4v) is 5.28. The van der Waals surface area contributed by atoms with Crippen LogP contribution in [0.5, 0.6) is 0 Å². The average molecular weight is 478 g/mol. The largest absolute Gasteiger partial charge is 0.291 e. The second-order valence-electron chi connectivity index (χ2n) is 9.40. The lowest BCUT2D eigenvalue weighted by molar-refractivity contribution is -0.128. The number of rotatable bonds is 5. The van der Waals surface area contributed by atoms with Gasteiger partial charge in [0.15, 0.2) is 5.17 Å². The van der Waals surface area contributed by atoms with Crippen LogP contribution in [-0.4, -0.2) is 28.3 Å². The Morgan fingerprint density at radius 1 is 1.16 bits per heavy atom. The van der Waals surface area contributed by atoms with E-state index in [0.717, 1.165) is 16.5 Å². The maximum Gasteiger partial charge on any atom is 0.229 e. The second kappa shape index (κ2) is 9.97. The molecule has 0 aromatic heterocycles. The third-order valence-corrected chi connectivity index (χ3v) is 6.88. The van der Waals surface area contributed by atoms with E-state index >= 15 is 0 Å². The smallest absolute Gasteiger partial charge is 0.229 e. The number of hydrogen-bond donors (Lipinski definition) is 0. The van der Waals surface area contributed by atoms with Crippen molar-refractivity contribution in [3.63, 3.8) is 0 Å². The van der Waals surface area contributed by atoms with Crippen LogP contribution < -0.4 is 0 Å². The first kappa shape index (κ1) is 24.2. The summed E-state index contributed by atoms with van der Waals surface area (Å²) >= 11 is 14.6. The normalized spacial score (nSPS) is 16.7. The van der Waals surface area contributed by atoms with Gasteiger partial charge in [-0.15, -0.1) is 0 Å². The number of amidine groups is 1. The highest BCUT2D eigenvalue weighted by molar-refractivity contribution is 8.14. The summed E-state index contributed by atoms with van der Waals surface area (Å²) in [5.74, 6) is 0.979. The van der Waals surface area contributed by atoms with Crippen molar-refractivity contribution in [1.29, 1.82) is 0 Å². The van der Waals surface area contributed by atoms with Gasteiger partial charge in [-0.05, 0) is 42.9 Å². The molecule has 0 radical (unpaired) electrons. The highest BCUT2D eigenvalue weighted by atomic mass is 35.5. The summed E-state index contributed by atoms with van der Waals surface area (Å²) in [4.78, 5) is 19.9. The van der Waals surface area contributed by atoms with E-state index in [9.17, 15) is 4.79 Å². The van der Waals surface area contributed by atoms with Crippen LogP contribution in [0.1, 0.15) is 55.5 Å². The fraction of sp³-hybridized carbons (Fsp3) is 0.440. The van der Waals surface area contributed by atoms with Crippen LogP contribution in [0.15, 0.2) is 41.4 Å². The molecule has 1 aliphatic rings. The van der Waals surface area contributed by atoms with Crippen molar-refractivity contribution in [2.45, 2.75) is 53.5 Å². The summed E-state index contributed by atoms with van der Waals surface area (Å²) in [6, 6.07) is 12.0. The lowest BCUT2D eigenvalue weighted by atomic mass is 9.92. The minimum absolute atomic E-state index is 0.0653. The van der Waals surface area contributed by atoms with Gasteiger partial charge >= 0.3 is 0 Å². The second-order valence-corrected chi connectivity index (χ2v) is 11.2. The summed E-state index contributed by atoms with van der Waals surface area (Å²) in [7, 11) is 0. The van der Waals surface area contributed by atoms with Crippen LogP contribution in [-0.2, 0) is 11.2 Å².